The van der Waals surface area contributed by atoms with E-state index in [2.05, 4.69) is 125 Å². The lowest BCUT2D eigenvalue weighted by atomic mass is 10.1. The Bertz CT molecular complexity index is 2240. The molecule has 5 unspecified atom stereocenters. The van der Waals surface area contributed by atoms with Crippen molar-refractivity contribution in [3.8, 4) is 0 Å². The van der Waals surface area contributed by atoms with Gasteiger partial charge in [0.15, 0.2) is 12.2 Å². The molecule has 0 fully saturated rings. The summed E-state index contributed by atoms with van der Waals surface area (Å²) in [5.74, 6) is -2.21. The number of aliphatic hydroxyl groups is 1. The molecule has 98 heavy (non-hydrogen) atoms. The first kappa shape index (κ1) is 94.0. The highest BCUT2D eigenvalue weighted by Gasteiger charge is 2.30. The molecule has 17 nitrogen and oxygen atoms in total. The molecule has 0 spiro atoms. The minimum Gasteiger partial charge on any atom is -0.462 e. The quantitative estimate of drug-likeness (QED) is 0.0169. The molecule has 0 aromatic heterocycles. The van der Waals surface area contributed by atoms with Gasteiger partial charge in [0.25, 0.3) is 0 Å². The van der Waals surface area contributed by atoms with Crippen LogP contribution in [0.25, 0.3) is 0 Å². The number of phosphoric acid groups is 2. The summed E-state index contributed by atoms with van der Waals surface area (Å²) in [7, 11) is -9.95. The Morgan fingerprint density at radius 1 is 0.296 bits per heavy atom. The molecule has 0 saturated carbocycles. The molecule has 0 aliphatic heterocycles. The fourth-order valence-corrected chi connectivity index (χ4v) is 11.7. The van der Waals surface area contributed by atoms with Gasteiger partial charge >= 0.3 is 39.5 Å². The Balaban J connectivity index is 5.33. The normalized spacial score (nSPS) is 14.5. The number of hydrogen-bond donors (Lipinski definition) is 3. The van der Waals surface area contributed by atoms with E-state index in [1.54, 1.807) is 0 Å². The lowest BCUT2D eigenvalue weighted by Gasteiger charge is -2.21. The maximum Gasteiger partial charge on any atom is 0.472 e. The van der Waals surface area contributed by atoms with Crippen LogP contribution in [-0.4, -0.2) is 96.7 Å². The van der Waals surface area contributed by atoms with Crippen molar-refractivity contribution in [1.29, 1.82) is 0 Å². The van der Waals surface area contributed by atoms with E-state index < -0.39 is 97.5 Å². The highest BCUT2D eigenvalue weighted by Crippen LogP contribution is 2.45. The molecule has 19 heteroatoms. The molecule has 0 aliphatic carbocycles. The van der Waals surface area contributed by atoms with E-state index in [0.717, 1.165) is 199 Å². The van der Waals surface area contributed by atoms with Gasteiger partial charge in [-0.2, -0.15) is 0 Å². The van der Waals surface area contributed by atoms with Gasteiger partial charge < -0.3 is 33.8 Å². The third-order valence-corrected chi connectivity index (χ3v) is 17.9. The van der Waals surface area contributed by atoms with E-state index >= 15 is 0 Å². The van der Waals surface area contributed by atoms with E-state index in [1.807, 2.05) is 0 Å². The summed E-state index contributed by atoms with van der Waals surface area (Å²) in [6.07, 6.45) is 74.0. The number of allylic oxidation sites excluding steroid dienone is 16. The molecule has 5 atom stereocenters. The summed E-state index contributed by atoms with van der Waals surface area (Å²) in [6.45, 7) is 4.63. The zero-order chi connectivity index (χ0) is 71.8. The van der Waals surface area contributed by atoms with Gasteiger partial charge in [0.1, 0.15) is 19.3 Å². The van der Waals surface area contributed by atoms with Crippen LogP contribution in [0, 0.1) is 0 Å². The molecule has 566 valence electrons. The number of carbonyl (C=O) groups is 4. The molecule has 3 N–H and O–H groups in total. The number of ether oxygens (including phenoxy) is 4. The van der Waals surface area contributed by atoms with Crippen LogP contribution in [0.4, 0.5) is 0 Å². The average Bonchev–Trinajstić information content (AvgIpc) is 1.06. The fraction of sp³-hybridized carbons (Fsp3) is 0.747. The Labute approximate surface area is 595 Å². The van der Waals surface area contributed by atoms with Crippen molar-refractivity contribution in [2.75, 3.05) is 39.6 Å². The summed E-state index contributed by atoms with van der Waals surface area (Å²) < 4.78 is 68.4. The third kappa shape index (κ3) is 70.4. The van der Waals surface area contributed by atoms with Gasteiger partial charge in [-0.05, 0) is 135 Å². The number of hydrogen-bond acceptors (Lipinski definition) is 15. The SMILES string of the molecule is CC/C=C\C/C=C\C/C=C\CCCCCCCCCC(=O)OC(COC(=O)CCCCCCCC/C=C\C/C=C\C/C=C\CCCCC)COP(=O)(O)OCC(O)COP(=O)(O)OCC(COC(=O)CCCCCCC/C=C\CCCC)OC(=O)CCCCCCC/C=C\CCCC. The van der Waals surface area contributed by atoms with Crippen LogP contribution in [0.5, 0.6) is 0 Å². The van der Waals surface area contributed by atoms with Crippen LogP contribution >= 0.6 is 15.6 Å². The first-order chi connectivity index (χ1) is 47.7. The van der Waals surface area contributed by atoms with Crippen molar-refractivity contribution in [2.24, 2.45) is 0 Å². The first-order valence-corrected chi connectivity index (χ1v) is 41.5. The van der Waals surface area contributed by atoms with Crippen molar-refractivity contribution in [3.63, 3.8) is 0 Å². The summed E-state index contributed by atoms with van der Waals surface area (Å²) in [5, 5.41) is 10.6. The maximum absolute atomic E-state index is 13.1. The van der Waals surface area contributed by atoms with Crippen LogP contribution in [-0.2, 0) is 65.4 Å². The number of rotatable bonds is 72. The van der Waals surface area contributed by atoms with Crippen LogP contribution in [0.15, 0.2) is 97.2 Å². The van der Waals surface area contributed by atoms with Crippen molar-refractivity contribution < 1.29 is 80.2 Å². The molecule has 0 heterocycles. The highest BCUT2D eigenvalue weighted by molar-refractivity contribution is 7.47. The molecule has 0 aromatic rings. The standard InChI is InChI=1S/C79H138O17P2/c1-5-9-13-17-21-25-29-31-33-35-36-38-39-41-45-48-52-56-60-64-77(82)90-70-75(96-79(84)66-62-58-54-50-46-42-40-37-34-32-30-26-22-18-14-10-6-2)72-94-98(87,88)92-68-73(80)67-91-97(85,86)93-71-74(95-78(83)65-61-57-53-49-44-28-24-20-16-12-8-4)69-89-76(81)63-59-55-51-47-43-27-23-19-15-11-7-3/h10,14,19-26,31-34,36,38,73-75,80H,5-9,11-13,15-18,27-30,35,37,39-72H2,1-4H3,(H,85,86)(H,87,88)/b14-10-,23-19-,24-20-,25-21-,26-22-,33-31-,34-32-,38-36-. The second-order valence-corrected chi connectivity index (χ2v) is 28.5. The van der Waals surface area contributed by atoms with E-state index in [-0.39, 0.29) is 25.7 Å². The van der Waals surface area contributed by atoms with Gasteiger partial charge in [0.2, 0.25) is 0 Å². The number of unbranched alkanes of at least 4 members (excludes halogenated alkanes) is 30. The molecule has 0 aromatic carbocycles. The van der Waals surface area contributed by atoms with Gasteiger partial charge in [-0.25, -0.2) is 9.13 Å². The van der Waals surface area contributed by atoms with E-state index in [9.17, 15) is 43.2 Å². The van der Waals surface area contributed by atoms with Gasteiger partial charge in [0.05, 0.1) is 26.4 Å². The molecule has 0 rings (SSSR count). The van der Waals surface area contributed by atoms with Crippen LogP contribution in [0.2, 0.25) is 0 Å². The second-order valence-electron chi connectivity index (χ2n) is 25.6. The largest absolute Gasteiger partial charge is 0.472 e. The molecule has 0 aliphatic rings. The average molecular weight is 1420 g/mol. The van der Waals surface area contributed by atoms with Crippen LogP contribution in [0.1, 0.15) is 323 Å². The second kappa shape index (κ2) is 71.4. The predicted molar refractivity (Wildman–Crippen MR) is 399 cm³/mol. The summed E-state index contributed by atoms with van der Waals surface area (Å²) in [6, 6.07) is 0. The number of phosphoric ester groups is 2. The van der Waals surface area contributed by atoms with E-state index in [1.165, 1.54) is 44.9 Å². The lowest BCUT2D eigenvalue weighted by molar-refractivity contribution is -0.161. The number of esters is 4. The molecule has 0 radical (unpaired) electrons. The van der Waals surface area contributed by atoms with Crippen molar-refractivity contribution in [2.45, 2.75) is 341 Å². The maximum atomic E-state index is 13.1. The van der Waals surface area contributed by atoms with Gasteiger partial charge in [-0.15, -0.1) is 0 Å². The summed E-state index contributed by atoms with van der Waals surface area (Å²) >= 11 is 0. The molecule has 0 saturated heterocycles. The van der Waals surface area contributed by atoms with Gasteiger partial charge in [-0.3, -0.25) is 37.3 Å². The molecular formula is C79H138O17P2. The number of carbonyl (C=O) groups excluding carboxylic acids is 4. The molecular weight excluding hydrogens is 1280 g/mol. The van der Waals surface area contributed by atoms with Gasteiger partial charge in [0, 0.05) is 25.7 Å². The third-order valence-electron chi connectivity index (χ3n) is 16.0. The Hall–Kier alpha value is -4.02. The Morgan fingerprint density at radius 2 is 0.541 bits per heavy atom. The van der Waals surface area contributed by atoms with Crippen LogP contribution < -0.4 is 0 Å². The summed E-state index contributed by atoms with van der Waals surface area (Å²) in [4.78, 5) is 72.8. The van der Waals surface area contributed by atoms with Gasteiger partial charge in [-0.1, -0.05) is 260 Å². The molecule has 0 amide bonds. The lowest BCUT2D eigenvalue weighted by Crippen LogP contribution is -2.30. The first-order valence-electron chi connectivity index (χ1n) is 38.5. The van der Waals surface area contributed by atoms with E-state index in [4.69, 9.17) is 37.0 Å². The number of aliphatic hydroxyl groups excluding tert-OH is 1. The Kier molecular flexibility index (Phi) is 68.4. The smallest absolute Gasteiger partial charge is 0.462 e. The predicted octanol–water partition coefficient (Wildman–Crippen LogP) is 22.0. The van der Waals surface area contributed by atoms with Crippen molar-refractivity contribution >= 4 is 39.5 Å². The zero-order valence-electron chi connectivity index (χ0n) is 61.7. The topological polar surface area (TPSA) is 237 Å². The molecule has 0 bridgehead atoms. The van der Waals surface area contributed by atoms with E-state index in [0.29, 0.717) is 25.7 Å². The monoisotopic (exact) mass is 1420 g/mol. The fourth-order valence-electron chi connectivity index (χ4n) is 10.1. The Morgan fingerprint density at radius 3 is 0.857 bits per heavy atom. The van der Waals surface area contributed by atoms with Crippen LogP contribution in [0.3, 0.4) is 0 Å². The zero-order valence-corrected chi connectivity index (χ0v) is 63.5. The minimum absolute atomic E-state index is 0.0803. The summed E-state index contributed by atoms with van der Waals surface area (Å²) in [5.41, 5.74) is 0. The van der Waals surface area contributed by atoms with Crippen molar-refractivity contribution in [1.82, 2.24) is 0 Å². The highest BCUT2D eigenvalue weighted by atomic mass is 31.2. The van der Waals surface area contributed by atoms with Crippen molar-refractivity contribution in [3.05, 3.63) is 97.2 Å². The minimum atomic E-state index is -4.98.